The third kappa shape index (κ3) is 1.98. The van der Waals surface area contributed by atoms with E-state index >= 15 is 0 Å². The third-order valence-electron chi connectivity index (χ3n) is 1.97. The standard InChI is InChI=1S/C10H16N2/c1-8-9(7-12(2)3)5-4-6-10(8)11/h4-6H,7,11H2,1-3H3. The van der Waals surface area contributed by atoms with Crippen molar-refractivity contribution in [1.82, 2.24) is 4.90 Å². The summed E-state index contributed by atoms with van der Waals surface area (Å²) in [6.45, 7) is 3.02. The smallest absolute Gasteiger partial charge is 0.0346 e. The summed E-state index contributed by atoms with van der Waals surface area (Å²) in [4.78, 5) is 2.14. The highest BCUT2D eigenvalue weighted by molar-refractivity contribution is 5.49. The summed E-state index contributed by atoms with van der Waals surface area (Å²) in [7, 11) is 4.12. The Bertz CT molecular complexity index is 267. The van der Waals surface area contributed by atoms with Crippen molar-refractivity contribution in [3.8, 4) is 0 Å². The van der Waals surface area contributed by atoms with Crippen LogP contribution in [-0.2, 0) is 6.54 Å². The van der Waals surface area contributed by atoms with Crippen LogP contribution < -0.4 is 5.73 Å². The maximum atomic E-state index is 5.78. The van der Waals surface area contributed by atoms with E-state index in [2.05, 4.69) is 32.0 Å². The first-order chi connectivity index (χ1) is 5.61. The van der Waals surface area contributed by atoms with Gasteiger partial charge in [0.1, 0.15) is 0 Å². The van der Waals surface area contributed by atoms with Crippen LogP contribution >= 0.6 is 0 Å². The molecule has 1 rings (SSSR count). The van der Waals surface area contributed by atoms with Gasteiger partial charge in [0.05, 0.1) is 0 Å². The van der Waals surface area contributed by atoms with Gasteiger partial charge in [-0.3, -0.25) is 0 Å². The summed E-state index contributed by atoms with van der Waals surface area (Å²) in [5.41, 5.74) is 9.17. The third-order valence-corrected chi connectivity index (χ3v) is 1.97. The summed E-state index contributed by atoms with van der Waals surface area (Å²) in [5.74, 6) is 0. The quantitative estimate of drug-likeness (QED) is 0.673. The average Bonchev–Trinajstić information content (AvgIpc) is 1.98. The molecule has 0 atom stereocenters. The van der Waals surface area contributed by atoms with Crippen molar-refractivity contribution in [3.63, 3.8) is 0 Å². The summed E-state index contributed by atoms with van der Waals surface area (Å²) in [5, 5.41) is 0. The Morgan fingerprint density at radius 3 is 2.58 bits per heavy atom. The van der Waals surface area contributed by atoms with Crippen LogP contribution in [0.2, 0.25) is 0 Å². The van der Waals surface area contributed by atoms with Crippen LogP contribution in [0.3, 0.4) is 0 Å². The molecule has 1 aromatic rings. The predicted molar refractivity (Wildman–Crippen MR) is 53.0 cm³/mol. The molecule has 0 saturated heterocycles. The lowest BCUT2D eigenvalue weighted by atomic mass is 10.1. The maximum absolute atomic E-state index is 5.78. The molecule has 0 aromatic heterocycles. The van der Waals surface area contributed by atoms with Crippen LogP contribution in [0.15, 0.2) is 18.2 Å². The second-order valence-electron chi connectivity index (χ2n) is 3.37. The van der Waals surface area contributed by atoms with Crippen LogP contribution in [-0.4, -0.2) is 19.0 Å². The zero-order chi connectivity index (χ0) is 9.14. The molecule has 0 aliphatic heterocycles. The number of nitrogen functional groups attached to an aromatic ring is 1. The van der Waals surface area contributed by atoms with E-state index in [-0.39, 0.29) is 0 Å². The highest BCUT2D eigenvalue weighted by Crippen LogP contribution is 2.16. The molecule has 0 spiro atoms. The van der Waals surface area contributed by atoms with Gasteiger partial charge in [-0.25, -0.2) is 0 Å². The van der Waals surface area contributed by atoms with E-state index < -0.39 is 0 Å². The minimum atomic E-state index is 0.884. The van der Waals surface area contributed by atoms with Crippen molar-refractivity contribution < 1.29 is 0 Å². The molecule has 0 radical (unpaired) electrons. The van der Waals surface area contributed by atoms with E-state index in [4.69, 9.17) is 5.73 Å². The molecule has 0 aliphatic carbocycles. The first-order valence-electron chi connectivity index (χ1n) is 4.10. The van der Waals surface area contributed by atoms with Crippen molar-refractivity contribution in [2.45, 2.75) is 13.5 Å². The van der Waals surface area contributed by atoms with E-state index in [0.29, 0.717) is 0 Å². The molecule has 0 heterocycles. The number of hydrogen-bond donors (Lipinski definition) is 1. The molecular weight excluding hydrogens is 148 g/mol. The molecule has 12 heavy (non-hydrogen) atoms. The minimum Gasteiger partial charge on any atom is -0.399 e. The summed E-state index contributed by atoms with van der Waals surface area (Å²) in [6.07, 6.45) is 0. The molecule has 0 saturated carbocycles. The minimum absolute atomic E-state index is 0.884. The first kappa shape index (κ1) is 9.07. The second-order valence-corrected chi connectivity index (χ2v) is 3.37. The van der Waals surface area contributed by atoms with Crippen LogP contribution in [0.4, 0.5) is 5.69 Å². The molecular formula is C10H16N2. The lowest BCUT2D eigenvalue weighted by molar-refractivity contribution is 0.401. The molecule has 0 fully saturated rings. The predicted octanol–water partition coefficient (Wildman–Crippen LogP) is 1.64. The van der Waals surface area contributed by atoms with Crippen molar-refractivity contribution in [2.24, 2.45) is 0 Å². The summed E-state index contributed by atoms with van der Waals surface area (Å²) >= 11 is 0. The lowest BCUT2D eigenvalue weighted by Crippen LogP contribution is -2.12. The van der Waals surface area contributed by atoms with Gasteiger partial charge >= 0.3 is 0 Å². The number of rotatable bonds is 2. The average molecular weight is 164 g/mol. The SMILES string of the molecule is Cc1c(N)cccc1CN(C)C. The largest absolute Gasteiger partial charge is 0.399 e. The van der Waals surface area contributed by atoms with Crippen LogP contribution in [0.25, 0.3) is 0 Å². The number of benzene rings is 1. The Hall–Kier alpha value is -1.02. The number of nitrogens with two attached hydrogens (primary N) is 1. The van der Waals surface area contributed by atoms with Crippen LogP contribution in [0.5, 0.6) is 0 Å². The molecule has 2 nitrogen and oxygen atoms in total. The zero-order valence-corrected chi connectivity index (χ0v) is 7.96. The normalized spacial score (nSPS) is 10.7. The molecule has 2 N–H and O–H groups in total. The number of hydrogen-bond acceptors (Lipinski definition) is 2. The zero-order valence-electron chi connectivity index (χ0n) is 7.96. The van der Waals surface area contributed by atoms with E-state index in [1.165, 1.54) is 11.1 Å². The van der Waals surface area contributed by atoms with E-state index in [0.717, 1.165) is 12.2 Å². The van der Waals surface area contributed by atoms with Crippen LogP contribution in [0, 0.1) is 6.92 Å². The van der Waals surface area contributed by atoms with Crippen molar-refractivity contribution in [2.75, 3.05) is 19.8 Å². The van der Waals surface area contributed by atoms with Gasteiger partial charge in [-0.05, 0) is 38.2 Å². The van der Waals surface area contributed by atoms with Gasteiger partial charge in [0.15, 0.2) is 0 Å². The topological polar surface area (TPSA) is 29.3 Å². The van der Waals surface area contributed by atoms with Gasteiger partial charge in [-0.15, -0.1) is 0 Å². The Balaban J connectivity index is 2.92. The molecule has 2 heteroatoms. The van der Waals surface area contributed by atoms with Crippen molar-refractivity contribution >= 4 is 5.69 Å². The fourth-order valence-corrected chi connectivity index (χ4v) is 1.22. The first-order valence-corrected chi connectivity index (χ1v) is 4.10. The van der Waals surface area contributed by atoms with Crippen molar-refractivity contribution in [3.05, 3.63) is 29.3 Å². The Labute approximate surface area is 74.0 Å². The fourth-order valence-electron chi connectivity index (χ4n) is 1.22. The molecule has 0 bridgehead atoms. The van der Waals surface area contributed by atoms with E-state index in [9.17, 15) is 0 Å². The number of anilines is 1. The van der Waals surface area contributed by atoms with Gasteiger partial charge in [0, 0.05) is 12.2 Å². The fraction of sp³-hybridized carbons (Fsp3) is 0.400. The molecule has 1 aromatic carbocycles. The van der Waals surface area contributed by atoms with Gasteiger partial charge in [0.25, 0.3) is 0 Å². The monoisotopic (exact) mass is 164 g/mol. The maximum Gasteiger partial charge on any atom is 0.0346 e. The molecule has 0 aliphatic rings. The Morgan fingerprint density at radius 2 is 2.00 bits per heavy atom. The number of nitrogens with zero attached hydrogens (tertiary/aromatic N) is 1. The lowest BCUT2D eigenvalue weighted by Gasteiger charge is -2.13. The Kier molecular flexibility index (Phi) is 2.71. The molecule has 66 valence electrons. The highest BCUT2D eigenvalue weighted by atomic mass is 15.0. The summed E-state index contributed by atoms with van der Waals surface area (Å²) in [6, 6.07) is 6.06. The highest BCUT2D eigenvalue weighted by Gasteiger charge is 2.01. The second kappa shape index (κ2) is 3.59. The van der Waals surface area contributed by atoms with Gasteiger partial charge in [-0.1, -0.05) is 12.1 Å². The van der Waals surface area contributed by atoms with Crippen LogP contribution in [0.1, 0.15) is 11.1 Å². The van der Waals surface area contributed by atoms with E-state index in [1.54, 1.807) is 0 Å². The molecule has 0 unspecified atom stereocenters. The van der Waals surface area contributed by atoms with Gasteiger partial charge in [0.2, 0.25) is 0 Å². The van der Waals surface area contributed by atoms with Crippen molar-refractivity contribution in [1.29, 1.82) is 0 Å². The van der Waals surface area contributed by atoms with Gasteiger partial charge in [-0.2, -0.15) is 0 Å². The van der Waals surface area contributed by atoms with Gasteiger partial charge < -0.3 is 10.6 Å². The Morgan fingerprint density at radius 1 is 1.33 bits per heavy atom. The van der Waals surface area contributed by atoms with E-state index in [1.807, 2.05) is 12.1 Å². The summed E-state index contributed by atoms with van der Waals surface area (Å²) < 4.78 is 0. The molecule has 0 amide bonds.